The van der Waals surface area contributed by atoms with Crippen LogP contribution in [0.4, 0.5) is 5.82 Å². The van der Waals surface area contributed by atoms with Crippen LogP contribution < -0.4 is 5.32 Å². The van der Waals surface area contributed by atoms with E-state index >= 15 is 0 Å². The first-order chi connectivity index (χ1) is 7.36. The smallest absolute Gasteiger partial charge is 0.161 e. The highest BCUT2D eigenvalue weighted by molar-refractivity contribution is 5.50. The summed E-state index contributed by atoms with van der Waals surface area (Å²) in [6.45, 7) is 2.08. The van der Waals surface area contributed by atoms with Crippen molar-refractivity contribution in [3.63, 3.8) is 0 Å². The summed E-state index contributed by atoms with van der Waals surface area (Å²) in [4.78, 5) is 8.43. The summed E-state index contributed by atoms with van der Waals surface area (Å²) in [6.07, 6.45) is 6.02. The summed E-state index contributed by atoms with van der Waals surface area (Å²) in [7, 11) is 1.86. The third kappa shape index (κ3) is 1.68. The maximum absolute atomic E-state index is 4.25. The average molecular weight is 203 g/mol. The summed E-state index contributed by atoms with van der Waals surface area (Å²) >= 11 is 0. The van der Waals surface area contributed by atoms with Gasteiger partial charge in [0.25, 0.3) is 0 Å². The lowest BCUT2D eigenvalue weighted by molar-refractivity contribution is 0.819. The van der Waals surface area contributed by atoms with Crippen LogP contribution in [0.5, 0.6) is 0 Å². The molecule has 0 saturated heterocycles. The van der Waals surface area contributed by atoms with Crippen molar-refractivity contribution < 1.29 is 0 Å². The van der Waals surface area contributed by atoms with Gasteiger partial charge in [-0.05, 0) is 12.5 Å². The molecule has 0 saturated carbocycles. The van der Waals surface area contributed by atoms with Gasteiger partial charge in [-0.15, -0.1) is 0 Å². The number of hydrogen-bond acceptors (Lipinski definition) is 4. The van der Waals surface area contributed by atoms with Crippen molar-refractivity contribution in [1.29, 1.82) is 0 Å². The van der Waals surface area contributed by atoms with Crippen LogP contribution in [0.15, 0.2) is 24.8 Å². The summed E-state index contributed by atoms with van der Waals surface area (Å²) < 4.78 is 1.75. The molecule has 0 fully saturated rings. The summed E-state index contributed by atoms with van der Waals surface area (Å²) in [5, 5.41) is 7.23. The monoisotopic (exact) mass is 203 g/mol. The van der Waals surface area contributed by atoms with Gasteiger partial charge < -0.3 is 5.32 Å². The molecule has 0 spiro atoms. The number of anilines is 1. The molecule has 5 nitrogen and oxygen atoms in total. The van der Waals surface area contributed by atoms with E-state index < -0.39 is 0 Å². The topological polar surface area (TPSA) is 55.6 Å². The molecule has 0 aliphatic carbocycles. The van der Waals surface area contributed by atoms with E-state index in [2.05, 4.69) is 27.3 Å². The van der Waals surface area contributed by atoms with Crippen molar-refractivity contribution in [3.05, 3.63) is 30.4 Å². The lowest BCUT2D eigenvalue weighted by Crippen LogP contribution is -2.07. The van der Waals surface area contributed by atoms with E-state index in [9.17, 15) is 0 Å². The fourth-order valence-corrected chi connectivity index (χ4v) is 1.54. The van der Waals surface area contributed by atoms with Gasteiger partial charge in [-0.1, -0.05) is 6.92 Å². The molecule has 2 rings (SSSR count). The predicted molar refractivity (Wildman–Crippen MR) is 58.1 cm³/mol. The van der Waals surface area contributed by atoms with Crippen LogP contribution in [-0.4, -0.2) is 26.8 Å². The number of nitrogens with zero attached hydrogens (tertiary/aromatic N) is 4. The van der Waals surface area contributed by atoms with Crippen LogP contribution in [0.1, 0.15) is 12.5 Å². The van der Waals surface area contributed by atoms with Gasteiger partial charge in [-0.3, -0.25) is 0 Å². The maximum atomic E-state index is 4.25. The molecule has 0 bridgehead atoms. The maximum Gasteiger partial charge on any atom is 0.161 e. The Morgan fingerprint density at radius 3 is 2.87 bits per heavy atom. The molecule has 1 N–H and O–H groups in total. The Morgan fingerprint density at radius 2 is 2.27 bits per heavy atom. The molecular weight excluding hydrogens is 190 g/mol. The Kier molecular flexibility index (Phi) is 2.62. The fourth-order valence-electron chi connectivity index (χ4n) is 1.54. The van der Waals surface area contributed by atoms with E-state index in [1.807, 2.05) is 19.3 Å². The lowest BCUT2D eigenvalue weighted by atomic mass is 10.2. The van der Waals surface area contributed by atoms with Crippen LogP contribution >= 0.6 is 0 Å². The first kappa shape index (κ1) is 9.64. The van der Waals surface area contributed by atoms with E-state index in [0.29, 0.717) is 0 Å². The van der Waals surface area contributed by atoms with Gasteiger partial charge in [-0.2, -0.15) is 5.10 Å². The van der Waals surface area contributed by atoms with Crippen molar-refractivity contribution in [3.8, 4) is 5.82 Å². The van der Waals surface area contributed by atoms with Gasteiger partial charge >= 0.3 is 0 Å². The molecule has 0 amide bonds. The minimum Gasteiger partial charge on any atom is -0.373 e. The van der Waals surface area contributed by atoms with Crippen LogP contribution in [-0.2, 0) is 6.42 Å². The number of aromatic nitrogens is 4. The number of nitrogens with one attached hydrogen (secondary N) is 1. The summed E-state index contributed by atoms with van der Waals surface area (Å²) in [5.74, 6) is 1.69. The highest BCUT2D eigenvalue weighted by Crippen LogP contribution is 2.18. The molecule has 5 heteroatoms. The second-order valence-electron chi connectivity index (χ2n) is 3.08. The Morgan fingerprint density at radius 1 is 1.40 bits per heavy atom. The van der Waals surface area contributed by atoms with Gasteiger partial charge in [0.15, 0.2) is 5.82 Å². The second-order valence-corrected chi connectivity index (χ2v) is 3.08. The highest BCUT2D eigenvalue weighted by Gasteiger charge is 2.09. The Hall–Kier alpha value is -1.91. The zero-order chi connectivity index (χ0) is 10.7. The van der Waals surface area contributed by atoms with Crippen LogP contribution in [0.3, 0.4) is 0 Å². The van der Waals surface area contributed by atoms with Gasteiger partial charge in [-0.25, -0.2) is 14.6 Å². The third-order valence-corrected chi connectivity index (χ3v) is 2.23. The van der Waals surface area contributed by atoms with Crippen molar-refractivity contribution >= 4 is 5.82 Å². The second kappa shape index (κ2) is 4.08. The molecule has 15 heavy (non-hydrogen) atoms. The number of hydrogen-bond donors (Lipinski definition) is 1. The quantitative estimate of drug-likeness (QED) is 0.816. The molecule has 78 valence electrons. The average Bonchev–Trinajstić information content (AvgIpc) is 2.81. The molecule has 0 aliphatic heterocycles. The predicted octanol–water partition coefficient (Wildman–Crippen LogP) is 1.27. The zero-order valence-corrected chi connectivity index (χ0v) is 8.81. The molecule has 0 aliphatic rings. The first-order valence-electron chi connectivity index (χ1n) is 4.88. The Labute approximate surface area is 88.2 Å². The van der Waals surface area contributed by atoms with Gasteiger partial charge in [0, 0.05) is 25.0 Å². The molecule has 2 aromatic rings. The largest absolute Gasteiger partial charge is 0.373 e. The van der Waals surface area contributed by atoms with Crippen LogP contribution in [0, 0.1) is 0 Å². The van der Waals surface area contributed by atoms with Crippen molar-refractivity contribution in [1.82, 2.24) is 19.7 Å². The van der Waals surface area contributed by atoms with Crippen LogP contribution in [0.25, 0.3) is 5.82 Å². The molecule has 0 unspecified atom stereocenters. The Bertz CT molecular complexity index is 435. The van der Waals surface area contributed by atoms with Gasteiger partial charge in [0.1, 0.15) is 12.1 Å². The zero-order valence-electron chi connectivity index (χ0n) is 8.81. The standard InChI is InChI=1S/C10H13N5/c1-3-8-9(11-2)12-7-13-10(8)15-6-4-5-14-15/h4-7H,3H2,1-2H3,(H,11,12,13). The molecule has 2 heterocycles. The highest BCUT2D eigenvalue weighted by atomic mass is 15.3. The van der Waals surface area contributed by atoms with E-state index in [0.717, 1.165) is 23.6 Å². The van der Waals surface area contributed by atoms with Gasteiger partial charge in [0.2, 0.25) is 0 Å². The first-order valence-corrected chi connectivity index (χ1v) is 4.88. The van der Waals surface area contributed by atoms with E-state index in [1.54, 1.807) is 17.2 Å². The molecular formula is C10H13N5. The van der Waals surface area contributed by atoms with E-state index in [-0.39, 0.29) is 0 Å². The third-order valence-electron chi connectivity index (χ3n) is 2.23. The van der Waals surface area contributed by atoms with E-state index in [1.165, 1.54) is 0 Å². The molecule has 0 atom stereocenters. The van der Waals surface area contributed by atoms with Gasteiger partial charge in [0.05, 0.1) is 0 Å². The SMILES string of the molecule is CCc1c(NC)ncnc1-n1cccn1. The van der Waals surface area contributed by atoms with Crippen molar-refractivity contribution in [2.45, 2.75) is 13.3 Å². The summed E-state index contributed by atoms with van der Waals surface area (Å²) in [6, 6.07) is 1.88. The normalized spacial score (nSPS) is 10.3. The molecule has 0 aromatic carbocycles. The van der Waals surface area contributed by atoms with E-state index in [4.69, 9.17) is 0 Å². The Balaban J connectivity index is 2.56. The minimum absolute atomic E-state index is 0.835. The van der Waals surface area contributed by atoms with Crippen molar-refractivity contribution in [2.24, 2.45) is 0 Å². The van der Waals surface area contributed by atoms with Crippen molar-refractivity contribution in [2.75, 3.05) is 12.4 Å². The molecule has 0 radical (unpaired) electrons. The summed E-state index contributed by atoms with van der Waals surface area (Å²) in [5.41, 5.74) is 1.07. The number of rotatable bonds is 3. The molecule has 2 aromatic heterocycles. The lowest BCUT2D eigenvalue weighted by Gasteiger charge is -2.10. The minimum atomic E-state index is 0.835. The van der Waals surface area contributed by atoms with Crippen LogP contribution in [0.2, 0.25) is 0 Å². The fraction of sp³-hybridized carbons (Fsp3) is 0.300.